The number of aliphatic hydroxyl groups excluding tert-OH is 2. The molecule has 3 heteroatoms. The van der Waals surface area contributed by atoms with E-state index in [1.807, 2.05) is 0 Å². The van der Waals surface area contributed by atoms with Gasteiger partial charge in [0.05, 0.1) is 0 Å². The second-order valence-electron chi connectivity index (χ2n) is 5.58. The van der Waals surface area contributed by atoms with Gasteiger partial charge in [0.15, 0.2) is 0 Å². The summed E-state index contributed by atoms with van der Waals surface area (Å²) in [7, 11) is 0. The molecule has 0 saturated carbocycles. The van der Waals surface area contributed by atoms with Crippen LogP contribution in [0.25, 0.3) is 0 Å². The lowest BCUT2D eigenvalue weighted by Crippen LogP contribution is -2.43. The summed E-state index contributed by atoms with van der Waals surface area (Å²) in [5.41, 5.74) is 0.0428. The third kappa shape index (κ3) is 4.04. The minimum atomic E-state index is 0.0428. The van der Waals surface area contributed by atoms with Crippen LogP contribution in [0.4, 0.5) is 0 Å². The molecule has 0 amide bonds. The largest absolute Gasteiger partial charge is 0.396 e. The zero-order chi connectivity index (χ0) is 12.0. The molecule has 1 fully saturated rings. The van der Waals surface area contributed by atoms with Crippen LogP contribution in [0.5, 0.6) is 0 Å². The number of hydrogen-bond acceptors (Lipinski definition) is 3. The maximum absolute atomic E-state index is 9.42. The van der Waals surface area contributed by atoms with Crippen LogP contribution in [0.2, 0.25) is 0 Å². The van der Waals surface area contributed by atoms with Gasteiger partial charge in [0.25, 0.3) is 0 Å². The van der Waals surface area contributed by atoms with E-state index in [4.69, 9.17) is 5.11 Å². The van der Waals surface area contributed by atoms with Crippen molar-refractivity contribution in [2.75, 3.05) is 32.8 Å². The summed E-state index contributed by atoms with van der Waals surface area (Å²) in [6.45, 7) is 8.11. The Morgan fingerprint density at radius 2 is 2.12 bits per heavy atom. The van der Waals surface area contributed by atoms with Crippen LogP contribution in [0.15, 0.2) is 0 Å². The molecule has 0 bridgehead atoms. The maximum Gasteiger partial charge on any atom is 0.0496 e. The summed E-state index contributed by atoms with van der Waals surface area (Å²) in [4.78, 5) is 2.46. The molecular formula is C13H27NO2. The monoisotopic (exact) mass is 229 g/mol. The van der Waals surface area contributed by atoms with Gasteiger partial charge in [-0.2, -0.15) is 0 Å². The fourth-order valence-electron chi connectivity index (χ4n) is 2.53. The van der Waals surface area contributed by atoms with Gasteiger partial charge in [-0.1, -0.05) is 13.8 Å². The van der Waals surface area contributed by atoms with Crippen LogP contribution in [0.3, 0.4) is 0 Å². The van der Waals surface area contributed by atoms with E-state index < -0.39 is 0 Å². The first-order valence-electron chi connectivity index (χ1n) is 6.57. The van der Waals surface area contributed by atoms with Gasteiger partial charge in [-0.3, -0.25) is 0 Å². The maximum atomic E-state index is 9.42. The van der Waals surface area contributed by atoms with Crippen LogP contribution in [0.1, 0.15) is 39.5 Å². The molecule has 0 spiro atoms. The molecule has 1 aliphatic rings. The van der Waals surface area contributed by atoms with E-state index in [1.54, 1.807) is 0 Å². The first-order chi connectivity index (χ1) is 7.63. The lowest BCUT2D eigenvalue weighted by atomic mass is 9.86. The Kier molecular flexibility index (Phi) is 5.73. The summed E-state index contributed by atoms with van der Waals surface area (Å²) in [5, 5.41) is 18.4. The van der Waals surface area contributed by atoms with Gasteiger partial charge in [0, 0.05) is 31.7 Å². The highest BCUT2D eigenvalue weighted by Crippen LogP contribution is 2.26. The van der Waals surface area contributed by atoms with E-state index >= 15 is 0 Å². The van der Waals surface area contributed by atoms with Crippen molar-refractivity contribution in [3.63, 3.8) is 0 Å². The summed E-state index contributed by atoms with van der Waals surface area (Å²) >= 11 is 0. The molecule has 1 heterocycles. The number of rotatable bonds is 6. The SMILES string of the molecule is CCC(C)(CO)CN1CCCC(CCO)C1. The van der Waals surface area contributed by atoms with Gasteiger partial charge in [-0.15, -0.1) is 0 Å². The molecule has 96 valence electrons. The second kappa shape index (κ2) is 6.58. The lowest BCUT2D eigenvalue weighted by Gasteiger charge is -2.38. The Bertz CT molecular complexity index is 190. The number of likely N-dealkylation sites (tertiary alicyclic amines) is 1. The first kappa shape index (κ1) is 13.9. The van der Waals surface area contributed by atoms with Crippen LogP contribution in [-0.4, -0.2) is 48.0 Å². The molecule has 0 radical (unpaired) electrons. The first-order valence-corrected chi connectivity index (χ1v) is 6.57. The molecule has 2 atom stereocenters. The van der Waals surface area contributed by atoms with E-state index in [1.165, 1.54) is 12.8 Å². The van der Waals surface area contributed by atoms with Gasteiger partial charge < -0.3 is 15.1 Å². The minimum Gasteiger partial charge on any atom is -0.396 e. The molecule has 0 aliphatic carbocycles. The molecule has 16 heavy (non-hydrogen) atoms. The number of hydrogen-bond donors (Lipinski definition) is 2. The molecule has 1 aliphatic heterocycles. The third-order valence-corrected chi connectivity index (χ3v) is 3.98. The van der Waals surface area contributed by atoms with Crippen molar-refractivity contribution in [2.24, 2.45) is 11.3 Å². The molecule has 3 nitrogen and oxygen atoms in total. The summed E-state index contributed by atoms with van der Waals surface area (Å²) in [6.07, 6.45) is 4.43. The predicted octanol–water partition coefficient (Wildman–Crippen LogP) is 1.49. The van der Waals surface area contributed by atoms with Crippen molar-refractivity contribution < 1.29 is 10.2 Å². The highest BCUT2D eigenvalue weighted by atomic mass is 16.3. The molecule has 1 rings (SSSR count). The fourth-order valence-corrected chi connectivity index (χ4v) is 2.53. The van der Waals surface area contributed by atoms with E-state index in [9.17, 15) is 5.11 Å². The third-order valence-electron chi connectivity index (χ3n) is 3.98. The van der Waals surface area contributed by atoms with Crippen molar-refractivity contribution >= 4 is 0 Å². The van der Waals surface area contributed by atoms with Crippen LogP contribution < -0.4 is 0 Å². The van der Waals surface area contributed by atoms with Gasteiger partial charge in [0.1, 0.15) is 0 Å². The standard InChI is InChI=1S/C13H27NO2/c1-3-13(2,11-16)10-14-7-4-5-12(9-14)6-8-15/h12,15-16H,3-11H2,1-2H3. The van der Waals surface area contributed by atoms with Gasteiger partial charge in [0.2, 0.25) is 0 Å². The lowest BCUT2D eigenvalue weighted by molar-refractivity contribution is 0.0578. The quantitative estimate of drug-likeness (QED) is 0.725. The average Bonchev–Trinajstić information content (AvgIpc) is 2.30. The minimum absolute atomic E-state index is 0.0428. The summed E-state index contributed by atoms with van der Waals surface area (Å²) in [6, 6.07) is 0. The van der Waals surface area contributed by atoms with Crippen molar-refractivity contribution in [1.82, 2.24) is 4.90 Å². The van der Waals surface area contributed by atoms with Crippen LogP contribution in [-0.2, 0) is 0 Å². The smallest absolute Gasteiger partial charge is 0.0496 e. The van der Waals surface area contributed by atoms with Crippen molar-refractivity contribution in [2.45, 2.75) is 39.5 Å². The predicted molar refractivity (Wildman–Crippen MR) is 66.4 cm³/mol. The second-order valence-corrected chi connectivity index (χ2v) is 5.58. The molecule has 1 saturated heterocycles. The Balaban J connectivity index is 2.41. The zero-order valence-corrected chi connectivity index (χ0v) is 10.8. The molecule has 2 N–H and O–H groups in total. The molecule has 0 aromatic rings. The topological polar surface area (TPSA) is 43.7 Å². The Labute approximate surface area is 99.5 Å². The Morgan fingerprint density at radius 1 is 1.38 bits per heavy atom. The Hall–Kier alpha value is -0.120. The molecule has 0 aromatic heterocycles. The normalized spacial score (nSPS) is 26.6. The van der Waals surface area contributed by atoms with Gasteiger partial charge in [-0.25, -0.2) is 0 Å². The zero-order valence-electron chi connectivity index (χ0n) is 10.8. The van der Waals surface area contributed by atoms with Gasteiger partial charge >= 0.3 is 0 Å². The van der Waals surface area contributed by atoms with Crippen LogP contribution >= 0.6 is 0 Å². The molecular weight excluding hydrogens is 202 g/mol. The van der Waals surface area contributed by atoms with E-state index in [0.29, 0.717) is 12.5 Å². The van der Waals surface area contributed by atoms with E-state index in [2.05, 4.69) is 18.7 Å². The molecule has 0 aromatic carbocycles. The van der Waals surface area contributed by atoms with Crippen LogP contribution in [0, 0.1) is 11.3 Å². The van der Waals surface area contributed by atoms with Crippen molar-refractivity contribution in [3.8, 4) is 0 Å². The molecule has 2 unspecified atom stereocenters. The number of piperidine rings is 1. The average molecular weight is 229 g/mol. The highest BCUT2D eigenvalue weighted by molar-refractivity contribution is 4.80. The summed E-state index contributed by atoms with van der Waals surface area (Å²) in [5.74, 6) is 0.651. The van der Waals surface area contributed by atoms with Crippen molar-refractivity contribution in [1.29, 1.82) is 0 Å². The highest BCUT2D eigenvalue weighted by Gasteiger charge is 2.27. The summed E-state index contributed by atoms with van der Waals surface area (Å²) < 4.78 is 0. The van der Waals surface area contributed by atoms with Crippen molar-refractivity contribution in [3.05, 3.63) is 0 Å². The van der Waals surface area contributed by atoms with E-state index in [-0.39, 0.29) is 12.0 Å². The van der Waals surface area contributed by atoms with E-state index in [0.717, 1.165) is 32.5 Å². The number of aliphatic hydroxyl groups is 2. The van der Waals surface area contributed by atoms with Gasteiger partial charge in [-0.05, 0) is 38.1 Å². The fraction of sp³-hybridized carbons (Fsp3) is 1.00. The Morgan fingerprint density at radius 3 is 2.69 bits per heavy atom. The number of nitrogens with zero attached hydrogens (tertiary/aromatic N) is 1.